The summed E-state index contributed by atoms with van der Waals surface area (Å²) in [6, 6.07) is 4.14. The second kappa shape index (κ2) is 4.69. The van der Waals surface area contributed by atoms with E-state index in [1.54, 1.807) is 0 Å². The lowest BCUT2D eigenvalue weighted by Gasteiger charge is -2.18. The van der Waals surface area contributed by atoms with Gasteiger partial charge in [-0.3, -0.25) is 0 Å². The monoisotopic (exact) mass is 270 g/mol. The number of carboxylic acid groups (broad SMARTS) is 1. The maximum absolute atomic E-state index is 11.8. The highest BCUT2D eigenvalue weighted by Gasteiger charge is 2.17. The molecular formula is C11H10O6S. The van der Waals surface area contributed by atoms with Gasteiger partial charge in [0.25, 0.3) is 0 Å². The summed E-state index contributed by atoms with van der Waals surface area (Å²) in [5.41, 5.74) is 0. The van der Waals surface area contributed by atoms with Crippen LogP contribution in [0.2, 0.25) is 0 Å². The fourth-order valence-corrected chi connectivity index (χ4v) is 2.41. The molecule has 0 atom stereocenters. The first-order valence-corrected chi connectivity index (χ1v) is 6.59. The number of carboxylic acids is 1. The lowest BCUT2D eigenvalue weighted by molar-refractivity contribution is -0.131. The Morgan fingerprint density at radius 3 is 2.56 bits per heavy atom. The third kappa shape index (κ3) is 2.62. The van der Waals surface area contributed by atoms with Crippen LogP contribution in [0.25, 0.3) is 0 Å². The van der Waals surface area contributed by atoms with E-state index in [-0.39, 0.29) is 4.90 Å². The Hall–Kier alpha value is -2.02. The summed E-state index contributed by atoms with van der Waals surface area (Å²) in [6.07, 6.45) is 0.576. The molecule has 0 spiro atoms. The van der Waals surface area contributed by atoms with E-state index >= 15 is 0 Å². The molecule has 1 N–H and O–H groups in total. The number of rotatable bonds is 3. The molecule has 6 nitrogen and oxygen atoms in total. The summed E-state index contributed by atoms with van der Waals surface area (Å²) in [6.45, 7) is 0.763. The zero-order chi connectivity index (χ0) is 13.2. The van der Waals surface area contributed by atoms with E-state index in [0.29, 0.717) is 36.2 Å². The maximum atomic E-state index is 11.8. The lowest BCUT2D eigenvalue weighted by Crippen LogP contribution is -2.15. The molecule has 0 fully saturated rings. The minimum atomic E-state index is -3.79. The Kier molecular flexibility index (Phi) is 3.24. The number of ether oxygens (including phenoxy) is 2. The van der Waals surface area contributed by atoms with Gasteiger partial charge in [0.15, 0.2) is 21.3 Å². The van der Waals surface area contributed by atoms with Crippen molar-refractivity contribution in [2.75, 3.05) is 13.2 Å². The van der Waals surface area contributed by atoms with Crippen LogP contribution in [-0.4, -0.2) is 32.7 Å². The van der Waals surface area contributed by atoms with Gasteiger partial charge in [-0.05, 0) is 12.1 Å². The topological polar surface area (TPSA) is 89.9 Å². The van der Waals surface area contributed by atoms with Crippen LogP contribution >= 0.6 is 0 Å². The van der Waals surface area contributed by atoms with Gasteiger partial charge in [-0.1, -0.05) is 0 Å². The van der Waals surface area contributed by atoms with Crippen molar-refractivity contribution in [2.45, 2.75) is 4.90 Å². The van der Waals surface area contributed by atoms with Crippen LogP contribution in [0.1, 0.15) is 0 Å². The quantitative estimate of drug-likeness (QED) is 0.818. The first-order valence-electron chi connectivity index (χ1n) is 5.05. The average Bonchev–Trinajstić information content (AvgIpc) is 2.36. The normalized spacial score (nSPS) is 14.7. The smallest absolute Gasteiger partial charge is 0.329 e. The lowest BCUT2D eigenvalue weighted by atomic mass is 10.3. The second-order valence-corrected chi connectivity index (χ2v) is 5.33. The van der Waals surface area contributed by atoms with E-state index < -0.39 is 15.8 Å². The predicted molar refractivity (Wildman–Crippen MR) is 61.4 cm³/mol. The highest BCUT2D eigenvalue weighted by Crippen LogP contribution is 2.32. The highest BCUT2D eigenvalue weighted by atomic mass is 32.2. The van der Waals surface area contributed by atoms with Gasteiger partial charge in [0.05, 0.1) is 4.90 Å². The Morgan fingerprint density at radius 1 is 1.22 bits per heavy atom. The van der Waals surface area contributed by atoms with Crippen molar-refractivity contribution >= 4 is 15.8 Å². The standard InChI is InChI=1S/C11H10O6S/c12-11(13)3-6-18(14,15)8-1-2-9-10(7-8)17-5-4-16-9/h1-3,6-7H,4-5H2,(H,12,13)/b6-3+. The van der Waals surface area contributed by atoms with Gasteiger partial charge < -0.3 is 14.6 Å². The molecule has 0 saturated carbocycles. The Bertz CT molecular complexity index is 602. The molecule has 18 heavy (non-hydrogen) atoms. The van der Waals surface area contributed by atoms with Crippen LogP contribution in [0, 0.1) is 0 Å². The number of sulfone groups is 1. The first-order chi connectivity index (χ1) is 8.49. The largest absolute Gasteiger partial charge is 0.486 e. The van der Waals surface area contributed by atoms with Crippen LogP contribution < -0.4 is 9.47 Å². The molecule has 0 unspecified atom stereocenters. The van der Waals surface area contributed by atoms with Crippen molar-refractivity contribution in [1.82, 2.24) is 0 Å². The fourth-order valence-electron chi connectivity index (χ4n) is 1.43. The SMILES string of the molecule is O=C(O)/C=C/S(=O)(=O)c1ccc2c(c1)OCCO2. The van der Waals surface area contributed by atoms with Crippen molar-refractivity contribution < 1.29 is 27.8 Å². The van der Waals surface area contributed by atoms with E-state index in [0.717, 1.165) is 0 Å². The van der Waals surface area contributed by atoms with E-state index in [4.69, 9.17) is 14.6 Å². The minimum Gasteiger partial charge on any atom is -0.486 e. The van der Waals surface area contributed by atoms with Crippen LogP contribution in [0.3, 0.4) is 0 Å². The molecule has 1 aromatic carbocycles. The van der Waals surface area contributed by atoms with Crippen molar-refractivity contribution in [2.24, 2.45) is 0 Å². The van der Waals surface area contributed by atoms with E-state index in [2.05, 4.69) is 0 Å². The molecule has 0 amide bonds. The molecule has 96 valence electrons. The number of benzene rings is 1. The molecule has 0 bridgehead atoms. The fraction of sp³-hybridized carbons (Fsp3) is 0.182. The van der Waals surface area contributed by atoms with Gasteiger partial charge in [0.2, 0.25) is 0 Å². The van der Waals surface area contributed by atoms with Gasteiger partial charge in [0, 0.05) is 17.6 Å². The van der Waals surface area contributed by atoms with Gasteiger partial charge in [0.1, 0.15) is 13.2 Å². The molecule has 1 aliphatic heterocycles. The van der Waals surface area contributed by atoms with Crippen LogP contribution in [0.4, 0.5) is 0 Å². The third-order valence-electron chi connectivity index (χ3n) is 2.23. The van der Waals surface area contributed by atoms with Crippen LogP contribution in [0.5, 0.6) is 11.5 Å². The first kappa shape index (κ1) is 12.4. The van der Waals surface area contributed by atoms with Crippen molar-refractivity contribution in [1.29, 1.82) is 0 Å². The third-order valence-corrected chi connectivity index (χ3v) is 3.64. The van der Waals surface area contributed by atoms with Gasteiger partial charge >= 0.3 is 5.97 Å². The summed E-state index contributed by atoms with van der Waals surface area (Å²) in [7, 11) is -3.79. The molecule has 0 radical (unpaired) electrons. The van der Waals surface area contributed by atoms with Crippen molar-refractivity contribution in [3.63, 3.8) is 0 Å². The van der Waals surface area contributed by atoms with E-state index in [9.17, 15) is 13.2 Å². The van der Waals surface area contributed by atoms with Gasteiger partial charge in [-0.2, -0.15) is 0 Å². The predicted octanol–water partition coefficient (Wildman–Crippen LogP) is 0.830. The second-order valence-electron chi connectivity index (χ2n) is 3.49. The average molecular weight is 270 g/mol. The summed E-state index contributed by atoms with van der Waals surface area (Å²) in [5.74, 6) is -0.510. The molecule has 0 aliphatic carbocycles. The van der Waals surface area contributed by atoms with E-state index in [1.165, 1.54) is 18.2 Å². The number of fused-ring (bicyclic) bond motifs is 1. The van der Waals surface area contributed by atoms with Crippen LogP contribution in [0.15, 0.2) is 34.6 Å². The number of carbonyl (C=O) groups is 1. The summed E-state index contributed by atoms with van der Waals surface area (Å²) in [4.78, 5) is 10.3. The number of hydrogen-bond acceptors (Lipinski definition) is 5. The zero-order valence-electron chi connectivity index (χ0n) is 9.20. The molecule has 1 aliphatic rings. The van der Waals surface area contributed by atoms with Crippen molar-refractivity contribution in [3.8, 4) is 11.5 Å². The van der Waals surface area contributed by atoms with Crippen LogP contribution in [-0.2, 0) is 14.6 Å². The Balaban J connectivity index is 2.37. The molecule has 7 heteroatoms. The van der Waals surface area contributed by atoms with Gasteiger partial charge in [-0.25, -0.2) is 13.2 Å². The Labute approximate surface area is 103 Å². The summed E-state index contributed by atoms with van der Waals surface area (Å²) in [5, 5.41) is 9.06. The molecule has 0 saturated heterocycles. The number of hydrogen-bond donors (Lipinski definition) is 1. The molecular weight excluding hydrogens is 260 g/mol. The molecule has 0 aromatic heterocycles. The number of aliphatic carboxylic acids is 1. The Morgan fingerprint density at radius 2 is 1.89 bits per heavy atom. The van der Waals surface area contributed by atoms with Gasteiger partial charge in [-0.15, -0.1) is 0 Å². The summed E-state index contributed by atoms with van der Waals surface area (Å²) < 4.78 is 34.1. The molecule has 1 heterocycles. The highest BCUT2D eigenvalue weighted by molar-refractivity contribution is 7.94. The minimum absolute atomic E-state index is 0.0377. The maximum Gasteiger partial charge on any atom is 0.329 e. The molecule has 1 aromatic rings. The van der Waals surface area contributed by atoms with Crippen molar-refractivity contribution in [3.05, 3.63) is 29.7 Å². The molecule has 2 rings (SSSR count). The zero-order valence-corrected chi connectivity index (χ0v) is 10.0. The van der Waals surface area contributed by atoms with E-state index in [1.807, 2.05) is 0 Å². The summed E-state index contributed by atoms with van der Waals surface area (Å²) >= 11 is 0.